The maximum Gasteiger partial charge on any atom is 0.337 e. The maximum atomic E-state index is 14.2. The van der Waals surface area contributed by atoms with Crippen LogP contribution in [0.2, 0.25) is 0 Å². The molecule has 0 saturated heterocycles. The van der Waals surface area contributed by atoms with Gasteiger partial charge in [0.05, 0.1) is 17.9 Å². The fraction of sp³-hybridized carbons (Fsp3) is 0.160. The first-order valence-corrected chi connectivity index (χ1v) is 10.1. The average molecular weight is 427 g/mol. The molecule has 4 rings (SSSR count). The van der Waals surface area contributed by atoms with E-state index in [1.54, 1.807) is 61.5 Å². The van der Waals surface area contributed by atoms with E-state index >= 15 is 0 Å². The van der Waals surface area contributed by atoms with Crippen molar-refractivity contribution < 1.29 is 19.1 Å². The first kappa shape index (κ1) is 20.9. The topological polar surface area (TPSA) is 106 Å². The van der Waals surface area contributed by atoms with Crippen LogP contribution in [0.25, 0.3) is 5.70 Å². The minimum atomic E-state index is -1.80. The molecule has 2 aliphatic rings. The fourth-order valence-corrected chi connectivity index (χ4v) is 4.35. The van der Waals surface area contributed by atoms with Gasteiger partial charge in [0, 0.05) is 12.1 Å². The summed E-state index contributed by atoms with van der Waals surface area (Å²) in [5, 5.41) is 10.1. The number of esters is 1. The summed E-state index contributed by atoms with van der Waals surface area (Å²) in [5.41, 5.74) is 5.56. The Morgan fingerprint density at radius 1 is 1.25 bits per heavy atom. The number of fused-ring (bicyclic) bond motifs is 2. The Morgan fingerprint density at radius 2 is 1.94 bits per heavy atom. The molecule has 0 radical (unpaired) electrons. The molecule has 2 aromatic carbocycles. The third-order valence-electron chi connectivity index (χ3n) is 5.53. The van der Waals surface area contributed by atoms with E-state index in [1.807, 2.05) is 12.1 Å². The summed E-state index contributed by atoms with van der Waals surface area (Å²) in [6.07, 6.45) is 1.56. The quantitative estimate of drug-likeness (QED) is 0.581. The van der Waals surface area contributed by atoms with Crippen LogP contribution in [0.1, 0.15) is 18.1 Å². The van der Waals surface area contributed by atoms with Gasteiger partial charge in [-0.15, -0.1) is 6.58 Å². The zero-order chi connectivity index (χ0) is 22.9. The van der Waals surface area contributed by atoms with E-state index in [2.05, 4.69) is 6.58 Å². The smallest absolute Gasteiger partial charge is 0.337 e. The number of hydrogen-bond acceptors (Lipinski definition) is 6. The minimum Gasteiger partial charge on any atom is -0.463 e. The van der Waals surface area contributed by atoms with E-state index in [0.717, 1.165) is 0 Å². The lowest BCUT2D eigenvalue weighted by Crippen LogP contribution is -2.47. The highest BCUT2D eigenvalue weighted by atomic mass is 16.5. The van der Waals surface area contributed by atoms with E-state index in [4.69, 9.17) is 15.2 Å². The summed E-state index contributed by atoms with van der Waals surface area (Å²) in [5.74, 6) is -1.13. The molecule has 0 aliphatic carbocycles. The van der Waals surface area contributed by atoms with Crippen LogP contribution < -0.4 is 10.5 Å². The number of benzene rings is 2. The molecular weight excluding hydrogens is 406 g/mol. The maximum absolute atomic E-state index is 14.2. The Kier molecular flexibility index (Phi) is 5.29. The normalized spacial score (nSPS) is 19.5. The third kappa shape index (κ3) is 2.81. The highest BCUT2D eigenvalue weighted by molar-refractivity contribution is 6.19. The average Bonchev–Trinajstić information content (AvgIpc) is 3.04. The van der Waals surface area contributed by atoms with Gasteiger partial charge in [0.2, 0.25) is 11.8 Å². The summed E-state index contributed by atoms with van der Waals surface area (Å²) in [7, 11) is 0. The van der Waals surface area contributed by atoms with Gasteiger partial charge in [-0.25, -0.2) is 4.79 Å². The lowest BCUT2D eigenvalue weighted by Gasteiger charge is -2.35. The predicted molar refractivity (Wildman–Crippen MR) is 117 cm³/mol. The van der Waals surface area contributed by atoms with Gasteiger partial charge in [0.15, 0.2) is 5.41 Å². The molecule has 2 aromatic rings. The van der Waals surface area contributed by atoms with Crippen molar-refractivity contribution in [1.29, 1.82) is 5.26 Å². The Balaban J connectivity index is 2.19. The Labute approximate surface area is 185 Å². The second kappa shape index (κ2) is 8.08. The molecule has 32 heavy (non-hydrogen) atoms. The number of rotatable bonds is 5. The first-order chi connectivity index (χ1) is 15.5. The zero-order valence-electron chi connectivity index (χ0n) is 17.5. The SMILES string of the molecule is C=CCN1C(=O)[C@]2(C(C#N)=C(N)Oc3ccccc32)C(C(=O)OCC)=C1c1ccccc1. The van der Waals surface area contributed by atoms with Gasteiger partial charge in [-0.2, -0.15) is 5.26 Å². The van der Waals surface area contributed by atoms with Crippen molar-refractivity contribution in [2.75, 3.05) is 13.2 Å². The standard InChI is InChI=1S/C25H21N3O4/c1-3-14-28-21(16-10-6-5-7-11-16)20(23(29)31-4-2)25(24(28)30)17-12-8-9-13-19(17)32-22(27)18(25)15-26/h3,5-13H,1,4,14,27H2,2H3/t25-/m1/s1. The van der Waals surface area contributed by atoms with E-state index in [-0.39, 0.29) is 30.2 Å². The number of carbonyl (C=O) groups excluding carboxylic acids is 2. The minimum absolute atomic E-state index is 0.0349. The van der Waals surface area contributed by atoms with Crippen LogP contribution in [0.4, 0.5) is 0 Å². The molecule has 7 heteroatoms. The summed E-state index contributed by atoms with van der Waals surface area (Å²) >= 11 is 0. The van der Waals surface area contributed by atoms with Crippen LogP contribution in [0.3, 0.4) is 0 Å². The largest absolute Gasteiger partial charge is 0.463 e. The third-order valence-corrected chi connectivity index (χ3v) is 5.53. The van der Waals surface area contributed by atoms with E-state index in [9.17, 15) is 14.9 Å². The van der Waals surface area contributed by atoms with Crippen molar-refractivity contribution in [2.24, 2.45) is 5.73 Å². The second-order valence-corrected chi connectivity index (χ2v) is 7.21. The number of hydrogen-bond donors (Lipinski definition) is 1. The van der Waals surface area contributed by atoms with E-state index < -0.39 is 17.3 Å². The number of nitrogens with zero attached hydrogens (tertiary/aromatic N) is 2. The highest BCUT2D eigenvalue weighted by Gasteiger charge is 2.62. The van der Waals surface area contributed by atoms with Crippen LogP contribution in [0.5, 0.6) is 5.75 Å². The molecule has 0 saturated carbocycles. The molecule has 0 aromatic heterocycles. The summed E-state index contributed by atoms with van der Waals surface area (Å²) in [4.78, 5) is 29.1. The van der Waals surface area contributed by atoms with Crippen molar-refractivity contribution in [3.63, 3.8) is 0 Å². The molecular formula is C25H21N3O4. The second-order valence-electron chi connectivity index (χ2n) is 7.21. The van der Waals surface area contributed by atoms with Crippen LogP contribution in [0.15, 0.2) is 84.3 Å². The van der Waals surface area contributed by atoms with Crippen LogP contribution in [-0.4, -0.2) is 29.9 Å². The van der Waals surface area contributed by atoms with Gasteiger partial charge >= 0.3 is 5.97 Å². The molecule has 2 aliphatic heterocycles. The number of carbonyl (C=O) groups is 2. The van der Waals surface area contributed by atoms with Crippen molar-refractivity contribution >= 4 is 17.6 Å². The fourth-order valence-electron chi connectivity index (χ4n) is 4.35. The first-order valence-electron chi connectivity index (χ1n) is 10.1. The number of ether oxygens (including phenoxy) is 2. The van der Waals surface area contributed by atoms with E-state index in [1.165, 1.54) is 4.90 Å². The van der Waals surface area contributed by atoms with Crippen molar-refractivity contribution in [3.05, 3.63) is 95.4 Å². The number of nitrogens with two attached hydrogens (primary N) is 1. The Hall–Kier alpha value is -4.31. The molecule has 7 nitrogen and oxygen atoms in total. The van der Waals surface area contributed by atoms with Gasteiger partial charge < -0.3 is 20.1 Å². The predicted octanol–water partition coefficient (Wildman–Crippen LogP) is 3.01. The van der Waals surface area contributed by atoms with Gasteiger partial charge in [0.1, 0.15) is 17.4 Å². The summed E-state index contributed by atoms with van der Waals surface area (Å²) < 4.78 is 11.1. The van der Waals surface area contributed by atoms with E-state index in [0.29, 0.717) is 22.6 Å². The van der Waals surface area contributed by atoms with Gasteiger partial charge in [0.25, 0.3) is 0 Å². The number of nitriles is 1. The molecule has 1 atom stereocenters. The van der Waals surface area contributed by atoms with Gasteiger partial charge in [-0.1, -0.05) is 54.6 Å². The van der Waals surface area contributed by atoms with Crippen molar-refractivity contribution in [3.8, 4) is 11.8 Å². The zero-order valence-corrected chi connectivity index (χ0v) is 17.5. The molecule has 160 valence electrons. The molecule has 2 N–H and O–H groups in total. The van der Waals surface area contributed by atoms with Crippen molar-refractivity contribution in [1.82, 2.24) is 4.90 Å². The van der Waals surface area contributed by atoms with Gasteiger partial charge in [-0.05, 0) is 18.6 Å². The Bertz CT molecular complexity index is 1220. The highest BCUT2D eigenvalue weighted by Crippen LogP contribution is 2.55. The van der Waals surface area contributed by atoms with Crippen LogP contribution in [0, 0.1) is 11.3 Å². The summed E-state index contributed by atoms with van der Waals surface area (Å²) in [6.45, 7) is 5.66. The van der Waals surface area contributed by atoms with Crippen molar-refractivity contribution in [2.45, 2.75) is 12.3 Å². The molecule has 0 fully saturated rings. The number of amides is 1. The van der Waals surface area contributed by atoms with Gasteiger partial charge in [-0.3, -0.25) is 4.79 Å². The van der Waals surface area contributed by atoms with Crippen LogP contribution >= 0.6 is 0 Å². The lowest BCUT2D eigenvalue weighted by atomic mass is 9.67. The summed E-state index contributed by atoms with van der Waals surface area (Å²) in [6, 6.07) is 17.8. The molecule has 1 amide bonds. The van der Waals surface area contributed by atoms with Crippen LogP contribution in [-0.2, 0) is 19.7 Å². The molecule has 1 spiro atoms. The Morgan fingerprint density at radius 3 is 2.59 bits per heavy atom. The molecule has 0 unspecified atom stereocenters. The monoisotopic (exact) mass is 427 g/mol. The molecule has 2 heterocycles. The number of para-hydroxylation sites is 1. The molecule has 0 bridgehead atoms. The lowest BCUT2D eigenvalue weighted by molar-refractivity contribution is -0.140.